The van der Waals surface area contributed by atoms with Crippen LogP contribution in [0.3, 0.4) is 0 Å². The van der Waals surface area contributed by atoms with E-state index in [9.17, 15) is 12.8 Å². The maximum absolute atomic E-state index is 13.7. The molecule has 2 heterocycles. The zero-order valence-electron chi connectivity index (χ0n) is 14.6. The summed E-state index contributed by atoms with van der Waals surface area (Å²) in [6, 6.07) is 5.71. The van der Waals surface area contributed by atoms with E-state index in [0.29, 0.717) is 28.8 Å². The molecule has 1 N–H and O–H groups in total. The predicted octanol–water partition coefficient (Wildman–Crippen LogP) is 4.70. The quantitative estimate of drug-likeness (QED) is 0.662. The smallest absolute Gasteiger partial charge is 0.271 e. The Bertz CT molecular complexity index is 1070. The lowest BCUT2D eigenvalue weighted by Gasteiger charge is -2.07. The van der Waals surface area contributed by atoms with Crippen molar-refractivity contribution in [3.63, 3.8) is 0 Å². The van der Waals surface area contributed by atoms with Gasteiger partial charge < -0.3 is 4.52 Å². The third kappa shape index (κ3) is 3.74. The van der Waals surface area contributed by atoms with Crippen molar-refractivity contribution in [3.05, 3.63) is 46.9 Å². The molecule has 0 unspecified atom stereocenters. The fourth-order valence-electron chi connectivity index (χ4n) is 3.13. The molecule has 0 aliphatic heterocycles. The Morgan fingerprint density at radius 2 is 2.04 bits per heavy atom. The van der Waals surface area contributed by atoms with Crippen molar-refractivity contribution in [3.8, 4) is 11.4 Å². The molecule has 4 rings (SSSR count). The maximum atomic E-state index is 13.7. The molecule has 142 valence electrons. The zero-order chi connectivity index (χ0) is 19.0. The molecule has 0 saturated heterocycles. The van der Waals surface area contributed by atoms with E-state index in [1.807, 2.05) is 0 Å². The SMILES string of the molecule is Cc1ccc(NS(=O)(=O)c2cc(-c3noc(C4CCCC4)n3)cs2)cc1F. The van der Waals surface area contributed by atoms with Crippen LogP contribution in [0.4, 0.5) is 10.1 Å². The zero-order valence-corrected chi connectivity index (χ0v) is 16.2. The first kappa shape index (κ1) is 18.1. The Balaban J connectivity index is 1.55. The topological polar surface area (TPSA) is 85.1 Å². The van der Waals surface area contributed by atoms with Gasteiger partial charge >= 0.3 is 0 Å². The third-order valence-electron chi connectivity index (χ3n) is 4.67. The van der Waals surface area contributed by atoms with Crippen molar-refractivity contribution in [1.82, 2.24) is 10.1 Å². The molecule has 9 heteroatoms. The Labute approximate surface area is 160 Å². The number of nitrogens with zero attached hydrogens (tertiary/aromatic N) is 2. The molecule has 0 atom stereocenters. The number of benzene rings is 1. The van der Waals surface area contributed by atoms with Crippen molar-refractivity contribution >= 4 is 27.0 Å². The number of nitrogens with one attached hydrogen (secondary N) is 1. The molecule has 3 aromatic rings. The Hall–Kier alpha value is -2.26. The largest absolute Gasteiger partial charge is 0.339 e. The molecular formula is C18H18FN3O3S2. The van der Waals surface area contributed by atoms with E-state index in [1.54, 1.807) is 12.3 Å². The number of sulfonamides is 1. The van der Waals surface area contributed by atoms with Crippen molar-refractivity contribution in [1.29, 1.82) is 0 Å². The average Bonchev–Trinajstić information content (AvgIpc) is 3.38. The Morgan fingerprint density at radius 1 is 1.26 bits per heavy atom. The van der Waals surface area contributed by atoms with Crippen LogP contribution in [-0.2, 0) is 10.0 Å². The lowest BCUT2D eigenvalue weighted by atomic mass is 10.1. The fourth-order valence-corrected chi connectivity index (χ4v) is 5.34. The molecule has 1 aliphatic carbocycles. The number of anilines is 1. The van der Waals surface area contributed by atoms with Gasteiger partial charge in [0, 0.05) is 16.9 Å². The summed E-state index contributed by atoms with van der Waals surface area (Å²) in [5.41, 5.74) is 1.21. The predicted molar refractivity (Wildman–Crippen MR) is 101 cm³/mol. The lowest BCUT2D eigenvalue weighted by Crippen LogP contribution is -2.11. The van der Waals surface area contributed by atoms with Crippen LogP contribution in [-0.4, -0.2) is 18.6 Å². The molecule has 6 nitrogen and oxygen atoms in total. The highest BCUT2D eigenvalue weighted by atomic mass is 32.2. The van der Waals surface area contributed by atoms with Crippen LogP contribution in [0.1, 0.15) is 43.1 Å². The van der Waals surface area contributed by atoms with Gasteiger partial charge in [-0.25, -0.2) is 12.8 Å². The summed E-state index contributed by atoms with van der Waals surface area (Å²) in [4.78, 5) is 4.43. The van der Waals surface area contributed by atoms with E-state index >= 15 is 0 Å². The first-order chi connectivity index (χ1) is 12.9. The molecule has 1 saturated carbocycles. The van der Waals surface area contributed by atoms with Crippen LogP contribution >= 0.6 is 11.3 Å². The summed E-state index contributed by atoms with van der Waals surface area (Å²) >= 11 is 1.05. The van der Waals surface area contributed by atoms with Crippen molar-refractivity contribution < 1.29 is 17.3 Å². The molecule has 1 aromatic carbocycles. The normalized spacial score (nSPS) is 15.3. The molecular weight excluding hydrogens is 389 g/mol. The monoisotopic (exact) mass is 407 g/mol. The summed E-state index contributed by atoms with van der Waals surface area (Å²) in [6.07, 6.45) is 4.41. The number of hydrogen-bond acceptors (Lipinski definition) is 6. The number of aryl methyl sites for hydroxylation is 1. The van der Waals surface area contributed by atoms with Gasteiger partial charge in [-0.05, 0) is 43.5 Å². The van der Waals surface area contributed by atoms with Crippen molar-refractivity contribution in [2.24, 2.45) is 0 Å². The van der Waals surface area contributed by atoms with E-state index in [2.05, 4.69) is 14.9 Å². The molecule has 2 aromatic heterocycles. The van der Waals surface area contributed by atoms with E-state index in [0.717, 1.165) is 43.1 Å². The number of aromatic nitrogens is 2. The van der Waals surface area contributed by atoms with Gasteiger partial charge in [-0.15, -0.1) is 11.3 Å². The van der Waals surface area contributed by atoms with E-state index in [-0.39, 0.29) is 9.90 Å². The summed E-state index contributed by atoms with van der Waals surface area (Å²) in [5.74, 6) is 0.835. The minimum Gasteiger partial charge on any atom is -0.339 e. The van der Waals surface area contributed by atoms with Crippen LogP contribution in [0.25, 0.3) is 11.4 Å². The number of thiophene rings is 1. The Morgan fingerprint density at radius 3 is 2.78 bits per heavy atom. The molecule has 0 bridgehead atoms. The summed E-state index contributed by atoms with van der Waals surface area (Å²) in [7, 11) is -3.82. The highest BCUT2D eigenvalue weighted by Gasteiger charge is 2.24. The summed E-state index contributed by atoms with van der Waals surface area (Å²) < 4.78 is 46.6. The van der Waals surface area contributed by atoms with Gasteiger partial charge in [0.05, 0.1) is 5.69 Å². The first-order valence-electron chi connectivity index (χ1n) is 8.64. The van der Waals surface area contributed by atoms with Crippen LogP contribution in [0.15, 0.2) is 38.4 Å². The van der Waals surface area contributed by atoms with Crippen LogP contribution in [0.2, 0.25) is 0 Å². The average molecular weight is 407 g/mol. The molecule has 1 fully saturated rings. The summed E-state index contributed by atoms with van der Waals surface area (Å²) in [5, 5.41) is 5.66. The first-order valence-corrected chi connectivity index (χ1v) is 11.0. The van der Waals surface area contributed by atoms with E-state index < -0.39 is 15.8 Å². The minimum atomic E-state index is -3.82. The molecule has 27 heavy (non-hydrogen) atoms. The summed E-state index contributed by atoms with van der Waals surface area (Å²) in [6.45, 7) is 1.61. The number of hydrogen-bond donors (Lipinski definition) is 1. The molecule has 0 spiro atoms. The highest BCUT2D eigenvalue weighted by molar-refractivity contribution is 7.94. The maximum Gasteiger partial charge on any atom is 0.271 e. The van der Waals surface area contributed by atoms with Gasteiger partial charge in [0.25, 0.3) is 10.0 Å². The van der Waals surface area contributed by atoms with Gasteiger partial charge in [-0.3, -0.25) is 4.72 Å². The van der Waals surface area contributed by atoms with Crippen LogP contribution < -0.4 is 4.72 Å². The number of rotatable bonds is 5. The highest BCUT2D eigenvalue weighted by Crippen LogP contribution is 2.35. The standard InChI is InChI=1S/C18H18FN3O3S2/c1-11-6-7-14(9-15(11)19)22-27(23,24)16-8-13(10-26-16)17-20-18(25-21-17)12-4-2-3-5-12/h6-10,12,22H,2-5H2,1H3. The van der Waals surface area contributed by atoms with Gasteiger partial charge in [-0.2, -0.15) is 4.98 Å². The fraction of sp³-hybridized carbons (Fsp3) is 0.333. The minimum absolute atomic E-state index is 0.102. The second-order valence-corrected chi connectivity index (χ2v) is 9.48. The van der Waals surface area contributed by atoms with Crippen LogP contribution in [0, 0.1) is 12.7 Å². The van der Waals surface area contributed by atoms with Crippen molar-refractivity contribution in [2.45, 2.75) is 42.7 Å². The lowest BCUT2D eigenvalue weighted by molar-refractivity contribution is 0.354. The molecule has 0 amide bonds. The van der Waals surface area contributed by atoms with Gasteiger partial charge in [0.1, 0.15) is 10.0 Å². The second kappa shape index (κ2) is 7.05. The second-order valence-electron chi connectivity index (χ2n) is 6.66. The van der Waals surface area contributed by atoms with Gasteiger partial charge in [-0.1, -0.05) is 24.1 Å². The van der Waals surface area contributed by atoms with E-state index in [4.69, 9.17) is 4.52 Å². The third-order valence-corrected chi connectivity index (χ3v) is 7.49. The van der Waals surface area contributed by atoms with Crippen molar-refractivity contribution in [2.75, 3.05) is 4.72 Å². The number of halogens is 1. The molecule has 0 radical (unpaired) electrons. The van der Waals surface area contributed by atoms with Crippen LogP contribution in [0.5, 0.6) is 0 Å². The molecule has 1 aliphatic rings. The van der Waals surface area contributed by atoms with Gasteiger partial charge in [0.15, 0.2) is 0 Å². The van der Waals surface area contributed by atoms with E-state index in [1.165, 1.54) is 18.2 Å². The Kier molecular flexibility index (Phi) is 4.73. The van der Waals surface area contributed by atoms with Gasteiger partial charge in [0.2, 0.25) is 11.7 Å².